The van der Waals surface area contributed by atoms with Crippen molar-refractivity contribution in [1.82, 2.24) is 0 Å². The predicted octanol–water partition coefficient (Wildman–Crippen LogP) is 1.88. The van der Waals surface area contributed by atoms with Gasteiger partial charge in [-0.1, -0.05) is 17.7 Å². The van der Waals surface area contributed by atoms with Crippen LogP contribution in [0, 0.1) is 35.5 Å². The summed E-state index contributed by atoms with van der Waals surface area (Å²) in [5.74, 6) is -2.34. The third kappa shape index (κ3) is 3.94. The number of esters is 1. The SMILES string of the molecule is CCOC(=O)C(C#N)C=C(C#N)S(=O)(=O)c1ccc(C)cc1. The summed E-state index contributed by atoms with van der Waals surface area (Å²) in [6.45, 7) is 3.41. The minimum atomic E-state index is -4.08. The standard InChI is InChI=1S/C15H14N2O4S/c1-3-21-15(18)12(9-16)8-14(10-17)22(19,20)13-6-4-11(2)5-7-13/h4-8,12H,3H2,1-2H3. The fourth-order valence-electron chi connectivity index (χ4n) is 1.57. The van der Waals surface area contributed by atoms with E-state index in [4.69, 9.17) is 10.5 Å². The molecular formula is C15H14N2O4S. The van der Waals surface area contributed by atoms with E-state index in [0.29, 0.717) is 0 Å². The molecule has 114 valence electrons. The van der Waals surface area contributed by atoms with Gasteiger partial charge in [-0.05, 0) is 32.1 Å². The summed E-state index contributed by atoms with van der Waals surface area (Å²) in [5.41, 5.74) is 0.864. The third-order valence-electron chi connectivity index (χ3n) is 2.73. The molecule has 1 atom stereocenters. The average molecular weight is 318 g/mol. The predicted molar refractivity (Wildman–Crippen MR) is 77.8 cm³/mol. The molecule has 0 aliphatic heterocycles. The maximum Gasteiger partial charge on any atom is 0.327 e. The van der Waals surface area contributed by atoms with Gasteiger partial charge in [0.15, 0.2) is 5.92 Å². The second kappa shape index (κ2) is 7.39. The largest absolute Gasteiger partial charge is 0.465 e. The van der Waals surface area contributed by atoms with Gasteiger partial charge in [-0.25, -0.2) is 8.42 Å². The summed E-state index contributed by atoms with van der Waals surface area (Å²) in [6, 6.07) is 9.06. The number of nitriles is 2. The van der Waals surface area contributed by atoms with Crippen molar-refractivity contribution in [2.24, 2.45) is 5.92 Å². The van der Waals surface area contributed by atoms with Crippen molar-refractivity contribution >= 4 is 15.8 Å². The van der Waals surface area contributed by atoms with Gasteiger partial charge in [0, 0.05) is 0 Å². The van der Waals surface area contributed by atoms with Crippen molar-refractivity contribution in [3.8, 4) is 12.1 Å². The van der Waals surface area contributed by atoms with E-state index in [1.807, 2.05) is 0 Å². The third-order valence-corrected chi connectivity index (χ3v) is 4.43. The van der Waals surface area contributed by atoms with Crippen LogP contribution in [-0.2, 0) is 19.4 Å². The molecular weight excluding hydrogens is 304 g/mol. The van der Waals surface area contributed by atoms with Crippen LogP contribution in [0.5, 0.6) is 0 Å². The van der Waals surface area contributed by atoms with E-state index in [1.54, 1.807) is 32.0 Å². The number of benzene rings is 1. The molecule has 22 heavy (non-hydrogen) atoms. The van der Waals surface area contributed by atoms with Gasteiger partial charge >= 0.3 is 5.97 Å². The van der Waals surface area contributed by atoms with E-state index in [0.717, 1.165) is 11.6 Å². The van der Waals surface area contributed by atoms with Crippen molar-refractivity contribution in [3.63, 3.8) is 0 Å². The number of sulfone groups is 1. The highest BCUT2D eigenvalue weighted by Crippen LogP contribution is 2.21. The van der Waals surface area contributed by atoms with Gasteiger partial charge in [0.05, 0.1) is 17.6 Å². The molecule has 0 radical (unpaired) electrons. The summed E-state index contributed by atoms with van der Waals surface area (Å²) in [7, 11) is -4.08. The van der Waals surface area contributed by atoms with Gasteiger partial charge in [0.25, 0.3) is 0 Å². The second-order valence-corrected chi connectivity index (χ2v) is 6.24. The second-order valence-electron chi connectivity index (χ2n) is 4.32. The molecule has 0 spiro atoms. The molecule has 1 aromatic rings. The van der Waals surface area contributed by atoms with Crippen molar-refractivity contribution < 1.29 is 17.9 Å². The van der Waals surface area contributed by atoms with Crippen LogP contribution in [0.2, 0.25) is 0 Å². The number of aryl methyl sites for hydroxylation is 1. The zero-order valence-electron chi connectivity index (χ0n) is 12.1. The zero-order chi connectivity index (χ0) is 16.8. The van der Waals surface area contributed by atoms with Gasteiger partial charge in [0.1, 0.15) is 11.0 Å². The highest BCUT2D eigenvalue weighted by molar-refractivity contribution is 7.95. The van der Waals surface area contributed by atoms with Crippen molar-refractivity contribution in [3.05, 3.63) is 40.8 Å². The molecule has 0 N–H and O–H groups in total. The van der Waals surface area contributed by atoms with E-state index in [1.165, 1.54) is 18.2 Å². The first-order valence-corrected chi connectivity index (χ1v) is 7.85. The number of carbonyl (C=O) groups excluding carboxylic acids is 1. The van der Waals surface area contributed by atoms with Crippen LogP contribution in [0.1, 0.15) is 12.5 Å². The Balaban J connectivity index is 3.27. The van der Waals surface area contributed by atoms with Gasteiger partial charge in [-0.2, -0.15) is 10.5 Å². The Bertz CT molecular complexity index is 765. The summed E-state index contributed by atoms with van der Waals surface area (Å²) in [4.78, 5) is 10.8. The lowest BCUT2D eigenvalue weighted by molar-refractivity contribution is -0.144. The first-order valence-electron chi connectivity index (χ1n) is 6.36. The quantitative estimate of drug-likeness (QED) is 0.606. The summed E-state index contributed by atoms with van der Waals surface area (Å²) >= 11 is 0. The molecule has 6 nitrogen and oxygen atoms in total. The Kier molecular flexibility index (Phi) is 5.85. The molecule has 0 aliphatic carbocycles. The maximum absolute atomic E-state index is 12.4. The lowest BCUT2D eigenvalue weighted by Gasteiger charge is -2.06. The topological polar surface area (TPSA) is 108 Å². The van der Waals surface area contributed by atoms with Crippen molar-refractivity contribution in [2.45, 2.75) is 18.7 Å². The lowest BCUT2D eigenvalue weighted by atomic mass is 10.1. The van der Waals surface area contributed by atoms with Crippen LogP contribution < -0.4 is 0 Å². The molecule has 0 aliphatic rings. The highest BCUT2D eigenvalue weighted by atomic mass is 32.2. The number of allylic oxidation sites excluding steroid dienone is 1. The number of rotatable bonds is 5. The molecule has 1 aromatic carbocycles. The van der Waals surface area contributed by atoms with Crippen LogP contribution in [0.25, 0.3) is 0 Å². The van der Waals surface area contributed by atoms with Crippen LogP contribution in [0.4, 0.5) is 0 Å². The summed E-state index contributed by atoms with van der Waals surface area (Å²) in [6.07, 6.45) is 0.813. The van der Waals surface area contributed by atoms with E-state index in [2.05, 4.69) is 4.74 Å². The average Bonchev–Trinajstić information content (AvgIpc) is 2.48. The van der Waals surface area contributed by atoms with E-state index >= 15 is 0 Å². The van der Waals surface area contributed by atoms with Crippen molar-refractivity contribution in [2.75, 3.05) is 6.61 Å². The van der Waals surface area contributed by atoms with Gasteiger partial charge in [0.2, 0.25) is 9.84 Å². The van der Waals surface area contributed by atoms with Crippen LogP contribution in [0.15, 0.2) is 40.1 Å². The molecule has 0 fully saturated rings. The number of carbonyl (C=O) groups is 1. The Hall–Kier alpha value is -2.64. The fourth-order valence-corrected chi connectivity index (χ4v) is 2.76. The molecule has 0 bridgehead atoms. The maximum atomic E-state index is 12.4. The summed E-state index contributed by atoms with van der Waals surface area (Å²) in [5, 5.41) is 18.0. The molecule has 0 saturated heterocycles. The van der Waals surface area contributed by atoms with Gasteiger partial charge < -0.3 is 4.74 Å². The summed E-state index contributed by atoms with van der Waals surface area (Å²) < 4.78 is 29.4. The van der Waals surface area contributed by atoms with E-state index < -0.39 is 26.6 Å². The van der Waals surface area contributed by atoms with Crippen LogP contribution in [-0.4, -0.2) is 21.0 Å². The monoisotopic (exact) mass is 318 g/mol. The van der Waals surface area contributed by atoms with Crippen LogP contribution in [0.3, 0.4) is 0 Å². The Morgan fingerprint density at radius 1 is 1.32 bits per heavy atom. The molecule has 1 unspecified atom stereocenters. The molecule has 0 aromatic heterocycles. The molecule has 1 rings (SSSR count). The van der Waals surface area contributed by atoms with Crippen LogP contribution >= 0.6 is 0 Å². The number of ether oxygens (including phenoxy) is 1. The Morgan fingerprint density at radius 3 is 2.36 bits per heavy atom. The van der Waals surface area contributed by atoms with E-state index in [9.17, 15) is 13.2 Å². The highest BCUT2D eigenvalue weighted by Gasteiger charge is 2.25. The first kappa shape index (κ1) is 17.4. The van der Waals surface area contributed by atoms with Crippen molar-refractivity contribution in [1.29, 1.82) is 10.5 Å². The molecule has 0 amide bonds. The molecule has 7 heteroatoms. The van der Waals surface area contributed by atoms with E-state index in [-0.39, 0.29) is 11.5 Å². The minimum absolute atomic E-state index is 0.0530. The molecule has 0 saturated carbocycles. The fraction of sp³-hybridized carbons (Fsp3) is 0.267. The smallest absolute Gasteiger partial charge is 0.327 e. The van der Waals surface area contributed by atoms with Gasteiger partial charge in [-0.15, -0.1) is 0 Å². The molecule has 0 heterocycles. The number of hydrogen-bond donors (Lipinski definition) is 0. The van der Waals surface area contributed by atoms with Gasteiger partial charge in [-0.3, -0.25) is 4.79 Å². The zero-order valence-corrected chi connectivity index (χ0v) is 12.9. The number of hydrogen-bond acceptors (Lipinski definition) is 6. The first-order chi connectivity index (χ1) is 10.4. The Morgan fingerprint density at radius 2 is 1.91 bits per heavy atom. The normalized spacial score (nSPS) is 12.8. The minimum Gasteiger partial charge on any atom is -0.465 e. The number of nitrogens with zero attached hydrogens (tertiary/aromatic N) is 2. The lowest BCUT2D eigenvalue weighted by Crippen LogP contribution is -2.16. The Labute approximate surface area is 129 Å².